The van der Waals surface area contributed by atoms with Crippen molar-refractivity contribution >= 4 is 15.9 Å². The second kappa shape index (κ2) is 6.24. The predicted molar refractivity (Wildman–Crippen MR) is 77.7 cm³/mol. The van der Waals surface area contributed by atoms with Gasteiger partial charge < -0.3 is 14.6 Å². The van der Waals surface area contributed by atoms with Crippen LogP contribution < -0.4 is 9.47 Å². The minimum Gasteiger partial charge on any atom is -0.496 e. The van der Waals surface area contributed by atoms with Gasteiger partial charge in [0.2, 0.25) is 0 Å². The van der Waals surface area contributed by atoms with Gasteiger partial charge in [-0.2, -0.15) is 0 Å². The zero-order chi connectivity index (χ0) is 14.7. The first-order chi connectivity index (χ1) is 9.60. The lowest BCUT2D eigenvalue weighted by Gasteiger charge is -2.19. The molecule has 2 aromatic carbocycles. The van der Waals surface area contributed by atoms with Gasteiger partial charge in [-0.3, -0.25) is 0 Å². The summed E-state index contributed by atoms with van der Waals surface area (Å²) in [7, 11) is 2.98. The van der Waals surface area contributed by atoms with Gasteiger partial charge in [0, 0.05) is 5.56 Å². The monoisotopic (exact) mass is 340 g/mol. The van der Waals surface area contributed by atoms with Crippen molar-refractivity contribution in [3.8, 4) is 11.5 Å². The molecule has 2 aromatic rings. The predicted octanol–water partition coefficient (Wildman–Crippen LogP) is 3.69. The molecular formula is C15H14BrFO3. The van der Waals surface area contributed by atoms with Crippen LogP contribution >= 0.6 is 15.9 Å². The van der Waals surface area contributed by atoms with Gasteiger partial charge in [-0.1, -0.05) is 18.2 Å². The van der Waals surface area contributed by atoms with Gasteiger partial charge in [0.15, 0.2) is 0 Å². The standard InChI is InChI=1S/C15H14BrFO3/c1-19-11-7-4-8-12(20-2)13(11)15(18)9-5-3-6-10(16)14(9)17/h3-8,15,18H,1-2H3. The SMILES string of the molecule is COc1cccc(OC)c1C(O)c1cccc(Br)c1F. The van der Waals surface area contributed by atoms with E-state index in [0.29, 0.717) is 21.5 Å². The van der Waals surface area contributed by atoms with Crippen molar-refractivity contribution in [3.05, 3.63) is 57.8 Å². The summed E-state index contributed by atoms with van der Waals surface area (Å²) < 4.78 is 24.9. The summed E-state index contributed by atoms with van der Waals surface area (Å²) in [6.07, 6.45) is -1.18. The molecule has 0 spiro atoms. The molecular weight excluding hydrogens is 327 g/mol. The Labute approximate surface area is 125 Å². The fraction of sp³-hybridized carbons (Fsp3) is 0.200. The summed E-state index contributed by atoms with van der Waals surface area (Å²) in [6, 6.07) is 9.88. The maximum absolute atomic E-state index is 14.1. The molecule has 20 heavy (non-hydrogen) atoms. The molecule has 0 saturated carbocycles. The fourth-order valence-electron chi connectivity index (χ4n) is 2.04. The number of aliphatic hydroxyl groups is 1. The Hall–Kier alpha value is -1.59. The highest BCUT2D eigenvalue weighted by Gasteiger charge is 2.23. The first kappa shape index (κ1) is 14.8. The molecule has 1 N–H and O–H groups in total. The number of methoxy groups -OCH3 is 2. The van der Waals surface area contributed by atoms with E-state index in [1.165, 1.54) is 20.3 Å². The molecule has 0 bridgehead atoms. The normalized spacial score (nSPS) is 12.1. The van der Waals surface area contributed by atoms with Gasteiger partial charge >= 0.3 is 0 Å². The van der Waals surface area contributed by atoms with Crippen LogP contribution in [0.1, 0.15) is 17.2 Å². The van der Waals surface area contributed by atoms with Crippen molar-refractivity contribution in [2.75, 3.05) is 14.2 Å². The Balaban J connectivity index is 2.58. The van der Waals surface area contributed by atoms with E-state index in [2.05, 4.69) is 15.9 Å². The number of hydrogen-bond donors (Lipinski definition) is 1. The van der Waals surface area contributed by atoms with Crippen LogP contribution in [0.25, 0.3) is 0 Å². The largest absolute Gasteiger partial charge is 0.496 e. The van der Waals surface area contributed by atoms with E-state index in [4.69, 9.17) is 9.47 Å². The van der Waals surface area contributed by atoms with Crippen molar-refractivity contribution in [1.82, 2.24) is 0 Å². The van der Waals surface area contributed by atoms with Gasteiger partial charge in [-0.15, -0.1) is 0 Å². The third kappa shape index (κ3) is 2.64. The summed E-state index contributed by atoms with van der Waals surface area (Å²) in [5, 5.41) is 10.5. The van der Waals surface area contributed by atoms with Crippen LogP contribution in [-0.4, -0.2) is 19.3 Å². The van der Waals surface area contributed by atoms with Crippen LogP contribution in [0, 0.1) is 5.82 Å². The second-order valence-electron chi connectivity index (χ2n) is 4.12. The number of aliphatic hydroxyl groups excluding tert-OH is 1. The second-order valence-corrected chi connectivity index (χ2v) is 4.98. The summed E-state index contributed by atoms with van der Waals surface area (Å²) in [5.41, 5.74) is 0.552. The molecule has 0 aliphatic carbocycles. The smallest absolute Gasteiger partial charge is 0.143 e. The number of hydrogen-bond acceptors (Lipinski definition) is 3. The van der Waals surface area contributed by atoms with E-state index in [1.54, 1.807) is 30.3 Å². The summed E-state index contributed by atoms with van der Waals surface area (Å²) in [4.78, 5) is 0. The van der Waals surface area contributed by atoms with Gasteiger partial charge in [0.1, 0.15) is 23.4 Å². The average molecular weight is 341 g/mol. The van der Waals surface area contributed by atoms with Crippen molar-refractivity contribution in [2.24, 2.45) is 0 Å². The number of halogens is 2. The Kier molecular flexibility index (Phi) is 4.62. The summed E-state index contributed by atoms with van der Waals surface area (Å²) in [6.45, 7) is 0. The highest BCUT2D eigenvalue weighted by molar-refractivity contribution is 9.10. The Bertz CT molecular complexity index is 594. The molecule has 0 heterocycles. The topological polar surface area (TPSA) is 38.7 Å². The maximum Gasteiger partial charge on any atom is 0.143 e. The summed E-state index contributed by atoms with van der Waals surface area (Å²) in [5.74, 6) is 0.375. The molecule has 0 aliphatic rings. The molecule has 1 unspecified atom stereocenters. The lowest BCUT2D eigenvalue weighted by molar-refractivity contribution is 0.203. The molecule has 0 amide bonds. The number of benzene rings is 2. The average Bonchev–Trinajstić information content (AvgIpc) is 2.48. The van der Waals surface area contributed by atoms with E-state index in [0.717, 1.165) is 0 Å². The van der Waals surface area contributed by atoms with Crippen LogP contribution in [0.15, 0.2) is 40.9 Å². The molecule has 2 rings (SSSR count). The Morgan fingerprint density at radius 1 is 1.05 bits per heavy atom. The quantitative estimate of drug-likeness (QED) is 0.922. The third-order valence-corrected chi connectivity index (χ3v) is 3.63. The molecule has 0 aromatic heterocycles. The molecule has 106 valence electrons. The van der Waals surface area contributed by atoms with Gasteiger partial charge in [0.25, 0.3) is 0 Å². The lowest BCUT2D eigenvalue weighted by Crippen LogP contribution is -2.07. The van der Waals surface area contributed by atoms with Crippen LogP contribution in [0.4, 0.5) is 4.39 Å². The van der Waals surface area contributed by atoms with Crippen LogP contribution in [-0.2, 0) is 0 Å². The molecule has 0 radical (unpaired) electrons. The highest BCUT2D eigenvalue weighted by Crippen LogP contribution is 2.38. The first-order valence-electron chi connectivity index (χ1n) is 5.93. The van der Waals surface area contributed by atoms with E-state index >= 15 is 0 Å². The zero-order valence-electron chi connectivity index (χ0n) is 11.1. The first-order valence-corrected chi connectivity index (χ1v) is 6.72. The van der Waals surface area contributed by atoms with E-state index < -0.39 is 11.9 Å². The molecule has 0 saturated heterocycles. The van der Waals surface area contributed by atoms with E-state index in [-0.39, 0.29) is 5.56 Å². The maximum atomic E-state index is 14.1. The van der Waals surface area contributed by atoms with E-state index in [1.807, 2.05) is 0 Å². The van der Waals surface area contributed by atoms with E-state index in [9.17, 15) is 9.50 Å². The minimum absolute atomic E-state index is 0.155. The summed E-state index contributed by atoms with van der Waals surface area (Å²) >= 11 is 3.11. The van der Waals surface area contributed by atoms with Crippen molar-refractivity contribution in [2.45, 2.75) is 6.10 Å². The van der Waals surface area contributed by atoms with Gasteiger partial charge in [-0.25, -0.2) is 4.39 Å². The van der Waals surface area contributed by atoms with Crippen molar-refractivity contribution < 1.29 is 19.0 Å². The molecule has 0 aliphatic heterocycles. The molecule has 1 atom stereocenters. The molecule has 3 nitrogen and oxygen atoms in total. The van der Waals surface area contributed by atoms with Crippen molar-refractivity contribution in [3.63, 3.8) is 0 Å². The molecule has 5 heteroatoms. The minimum atomic E-state index is -1.18. The number of rotatable bonds is 4. The third-order valence-electron chi connectivity index (χ3n) is 3.02. The molecule has 0 fully saturated rings. The fourth-order valence-corrected chi connectivity index (χ4v) is 2.42. The van der Waals surface area contributed by atoms with Crippen LogP contribution in [0.3, 0.4) is 0 Å². The van der Waals surface area contributed by atoms with Crippen LogP contribution in [0.5, 0.6) is 11.5 Å². The lowest BCUT2D eigenvalue weighted by atomic mass is 9.99. The zero-order valence-corrected chi connectivity index (χ0v) is 12.6. The highest BCUT2D eigenvalue weighted by atomic mass is 79.9. The van der Waals surface area contributed by atoms with Crippen molar-refractivity contribution in [1.29, 1.82) is 0 Å². The van der Waals surface area contributed by atoms with Crippen LogP contribution in [0.2, 0.25) is 0 Å². The number of ether oxygens (including phenoxy) is 2. The Morgan fingerprint density at radius 3 is 2.15 bits per heavy atom. The van der Waals surface area contributed by atoms with Gasteiger partial charge in [-0.05, 0) is 34.1 Å². The van der Waals surface area contributed by atoms with Gasteiger partial charge in [0.05, 0.1) is 24.3 Å². The Morgan fingerprint density at radius 2 is 1.60 bits per heavy atom.